The average Bonchev–Trinajstić information content (AvgIpc) is 3.12. The predicted octanol–water partition coefficient (Wildman–Crippen LogP) is 8.74. The van der Waals surface area contributed by atoms with Gasteiger partial charge in [0.15, 0.2) is 0 Å². The number of rotatable bonds is 15. The zero-order valence-electron chi connectivity index (χ0n) is 26.3. The maximum absolute atomic E-state index is 4.45. The van der Waals surface area contributed by atoms with Gasteiger partial charge in [0.25, 0.3) is 0 Å². The van der Waals surface area contributed by atoms with Gasteiger partial charge in [0.2, 0.25) is 0 Å². The number of pyridine rings is 3. The fourth-order valence-corrected chi connectivity index (χ4v) is 5.08. The van der Waals surface area contributed by atoms with Crippen molar-refractivity contribution in [2.75, 3.05) is 51.5 Å². The van der Waals surface area contributed by atoms with Gasteiger partial charge in [-0.3, -0.25) is 0 Å². The Hall–Kier alpha value is -6.09. The third kappa shape index (κ3) is 8.76. The van der Waals surface area contributed by atoms with Crippen molar-refractivity contribution >= 4 is 51.6 Å². The highest BCUT2D eigenvalue weighted by Crippen LogP contribution is 2.31. The lowest BCUT2D eigenvalue weighted by molar-refractivity contribution is 0.397. The molecule has 9 heteroatoms. The lowest BCUT2D eigenvalue weighted by Crippen LogP contribution is -2.40. The van der Waals surface area contributed by atoms with Gasteiger partial charge in [0.1, 0.15) is 17.5 Å². The normalized spacial score (nSPS) is 10.9. The highest BCUT2D eigenvalue weighted by atomic mass is 15.1. The van der Waals surface area contributed by atoms with Crippen LogP contribution in [0.15, 0.2) is 146 Å². The molecule has 9 nitrogen and oxygen atoms in total. The quantitative estimate of drug-likeness (QED) is 0.0670. The van der Waals surface area contributed by atoms with Crippen LogP contribution >= 0.6 is 0 Å². The van der Waals surface area contributed by atoms with E-state index in [2.05, 4.69) is 90.2 Å². The van der Waals surface area contributed by atoms with Crippen LogP contribution in [0.3, 0.4) is 0 Å². The monoisotopic (exact) mass is 621 g/mol. The van der Waals surface area contributed by atoms with Gasteiger partial charge in [-0.1, -0.05) is 61.5 Å². The van der Waals surface area contributed by atoms with E-state index < -0.39 is 0 Å². The lowest BCUT2D eigenvalue weighted by atomic mass is 9.89. The number of nitrogens with one attached hydrogen (secondary N) is 6. The maximum atomic E-state index is 4.45. The van der Waals surface area contributed by atoms with Gasteiger partial charge in [-0.25, -0.2) is 15.0 Å². The van der Waals surface area contributed by atoms with Crippen LogP contribution in [0.5, 0.6) is 0 Å². The van der Waals surface area contributed by atoms with E-state index in [-0.39, 0.29) is 5.41 Å². The number of nitrogens with zero attached hydrogens (tertiary/aromatic N) is 3. The summed E-state index contributed by atoms with van der Waals surface area (Å²) >= 11 is 0. The molecule has 3 aromatic heterocycles. The molecule has 0 aliphatic rings. The molecule has 0 aliphatic carbocycles. The van der Waals surface area contributed by atoms with Gasteiger partial charge in [0.05, 0.1) is 34.1 Å². The molecular formula is C38H39N9. The fourth-order valence-electron chi connectivity index (χ4n) is 5.08. The highest BCUT2D eigenvalue weighted by molar-refractivity contribution is 5.75. The maximum Gasteiger partial charge on any atom is 0.130 e. The van der Waals surface area contributed by atoms with Gasteiger partial charge >= 0.3 is 0 Å². The van der Waals surface area contributed by atoms with E-state index in [1.54, 1.807) is 18.6 Å². The third-order valence-electron chi connectivity index (χ3n) is 7.68. The molecule has 3 aromatic carbocycles. The standard InChI is InChI=1S/C38H39N9/c1-38(26-42-29-14-2-5-17-32(29)45-35-20-8-11-23-39-35,27-43-30-15-3-6-18-33(30)46-36-21-9-12-24-40-36)28-44-31-16-4-7-19-34(31)47-37-22-10-13-25-41-37/h2-25,42-44H,26-28H2,1H3,(H,39,45)(H,40,46)(H,41,47). The van der Waals surface area contributed by atoms with Crippen LogP contribution < -0.4 is 31.9 Å². The Labute approximate surface area is 275 Å². The van der Waals surface area contributed by atoms with Crippen molar-refractivity contribution in [1.82, 2.24) is 15.0 Å². The molecule has 0 saturated heterocycles. The molecule has 0 radical (unpaired) electrons. The average molecular weight is 622 g/mol. The molecule has 236 valence electrons. The molecule has 0 unspecified atom stereocenters. The van der Waals surface area contributed by atoms with E-state index in [9.17, 15) is 0 Å². The third-order valence-corrected chi connectivity index (χ3v) is 7.68. The molecule has 6 rings (SSSR count). The Kier molecular flexibility index (Phi) is 10.0. The molecule has 47 heavy (non-hydrogen) atoms. The molecule has 0 amide bonds. The summed E-state index contributed by atoms with van der Waals surface area (Å²) in [4.78, 5) is 13.3. The number of anilines is 9. The molecule has 6 N–H and O–H groups in total. The zero-order valence-corrected chi connectivity index (χ0v) is 26.3. The summed E-state index contributed by atoms with van der Waals surface area (Å²) in [6.07, 6.45) is 5.36. The second-order valence-corrected chi connectivity index (χ2v) is 11.5. The van der Waals surface area contributed by atoms with Crippen molar-refractivity contribution < 1.29 is 0 Å². The largest absolute Gasteiger partial charge is 0.383 e. The molecule has 0 aliphatic heterocycles. The Balaban J connectivity index is 1.22. The van der Waals surface area contributed by atoms with Crippen LogP contribution in [0.4, 0.5) is 51.6 Å². The van der Waals surface area contributed by atoms with Crippen LogP contribution in [-0.4, -0.2) is 34.6 Å². The summed E-state index contributed by atoms with van der Waals surface area (Å²) in [5, 5.41) is 21.6. The van der Waals surface area contributed by atoms with Crippen molar-refractivity contribution in [3.05, 3.63) is 146 Å². The first-order valence-corrected chi connectivity index (χ1v) is 15.7. The number of aromatic nitrogens is 3. The van der Waals surface area contributed by atoms with Gasteiger partial charge in [-0.2, -0.15) is 0 Å². The Morgan fingerprint density at radius 3 is 0.936 bits per heavy atom. The van der Waals surface area contributed by atoms with Crippen molar-refractivity contribution in [3.8, 4) is 0 Å². The van der Waals surface area contributed by atoms with Crippen molar-refractivity contribution in [2.24, 2.45) is 5.41 Å². The van der Waals surface area contributed by atoms with Gasteiger partial charge in [0, 0.05) is 43.6 Å². The number of hydrogen-bond donors (Lipinski definition) is 6. The van der Waals surface area contributed by atoms with E-state index in [1.807, 2.05) is 91.0 Å². The van der Waals surface area contributed by atoms with Gasteiger partial charge < -0.3 is 31.9 Å². The molecule has 0 bridgehead atoms. The van der Waals surface area contributed by atoms with Crippen LogP contribution in [0.2, 0.25) is 0 Å². The second kappa shape index (κ2) is 15.3. The van der Waals surface area contributed by atoms with Crippen molar-refractivity contribution in [1.29, 1.82) is 0 Å². The second-order valence-electron chi connectivity index (χ2n) is 11.5. The van der Waals surface area contributed by atoms with Crippen LogP contribution in [0, 0.1) is 5.41 Å². The summed E-state index contributed by atoms with van der Waals surface area (Å²) in [5.41, 5.74) is 5.63. The van der Waals surface area contributed by atoms with Crippen molar-refractivity contribution in [3.63, 3.8) is 0 Å². The van der Waals surface area contributed by atoms with E-state index in [0.29, 0.717) is 19.6 Å². The molecule has 0 atom stereocenters. The molecular weight excluding hydrogens is 582 g/mol. The Morgan fingerprint density at radius 2 is 0.660 bits per heavy atom. The summed E-state index contributed by atoms with van der Waals surface area (Å²) < 4.78 is 0. The summed E-state index contributed by atoms with van der Waals surface area (Å²) in [7, 11) is 0. The minimum absolute atomic E-state index is 0.256. The first kappa shape index (κ1) is 30.9. The summed E-state index contributed by atoms with van der Waals surface area (Å²) in [6, 6.07) is 42.2. The lowest BCUT2D eigenvalue weighted by Gasteiger charge is -2.33. The Morgan fingerprint density at radius 1 is 0.383 bits per heavy atom. The van der Waals surface area contributed by atoms with Crippen molar-refractivity contribution in [2.45, 2.75) is 6.92 Å². The molecule has 6 aromatic rings. The highest BCUT2D eigenvalue weighted by Gasteiger charge is 2.26. The van der Waals surface area contributed by atoms with E-state index in [0.717, 1.165) is 51.6 Å². The minimum Gasteiger partial charge on any atom is -0.383 e. The SMILES string of the molecule is CC(CNc1ccccc1Nc1ccccn1)(CNc1ccccc1Nc1ccccn1)CNc1ccccc1Nc1ccccn1. The number of para-hydroxylation sites is 6. The van der Waals surface area contributed by atoms with E-state index in [1.165, 1.54) is 0 Å². The zero-order chi connectivity index (χ0) is 32.2. The van der Waals surface area contributed by atoms with E-state index >= 15 is 0 Å². The molecule has 3 heterocycles. The van der Waals surface area contributed by atoms with Gasteiger partial charge in [-0.15, -0.1) is 0 Å². The fraction of sp³-hybridized carbons (Fsp3) is 0.132. The van der Waals surface area contributed by atoms with Crippen LogP contribution in [0.1, 0.15) is 6.92 Å². The molecule has 0 spiro atoms. The summed E-state index contributed by atoms with van der Waals surface area (Å²) in [6.45, 7) is 4.32. The Bertz CT molecular complexity index is 1620. The smallest absolute Gasteiger partial charge is 0.130 e. The summed E-state index contributed by atoms with van der Waals surface area (Å²) in [5.74, 6) is 2.38. The predicted molar refractivity (Wildman–Crippen MR) is 195 cm³/mol. The number of hydrogen-bond acceptors (Lipinski definition) is 9. The topological polar surface area (TPSA) is 111 Å². The van der Waals surface area contributed by atoms with E-state index in [4.69, 9.17) is 0 Å². The minimum atomic E-state index is -0.256. The number of benzene rings is 3. The first-order valence-electron chi connectivity index (χ1n) is 15.7. The first-order chi connectivity index (χ1) is 23.1. The van der Waals surface area contributed by atoms with Crippen LogP contribution in [0.25, 0.3) is 0 Å². The molecule has 0 fully saturated rings. The van der Waals surface area contributed by atoms with Crippen LogP contribution in [-0.2, 0) is 0 Å². The van der Waals surface area contributed by atoms with Gasteiger partial charge in [-0.05, 0) is 72.8 Å². The molecule has 0 saturated carbocycles.